The van der Waals surface area contributed by atoms with Gasteiger partial charge in [0.05, 0.1) is 30.3 Å². The smallest absolute Gasteiger partial charge is 0.223 e. The minimum atomic E-state index is -0.901. The van der Waals surface area contributed by atoms with Crippen LogP contribution in [0.1, 0.15) is 64.2 Å². The lowest BCUT2D eigenvalue weighted by Gasteiger charge is -2.32. The maximum atomic E-state index is 12.1. The van der Waals surface area contributed by atoms with Gasteiger partial charge in [-0.05, 0) is 25.7 Å². The van der Waals surface area contributed by atoms with Gasteiger partial charge in [0.2, 0.25) is 5.91 Å². The van der Waals surface area contributed by atoms with Crippen LogP contribution in [-0.2, 0) is 4.79 Å². The summed E-state index contributed by atoms with van der Waals surface area (Å²) in [5, 5.41) is 32.9. The Morgan fingerprint density at radius 2 is 1.70 bits per heavy atom. The summed E-state index contributed by atoms with van der Waals surface area (Å²) in [5.74, 6) is -0.215. The zero-order chi connectivity index (χ0) is 14.6. The lowest BCUT2D eigenvalue weighted by Crippen LogP contribution is -2.49. The maximum Gasteiger partial charge on any atom is 0.223 e. The van der Waals surface area contributed by atoms with Gasteiger partial charge in [0, 0.05) is 0 Å². The lowest BCUT2D eigenvalue weighted by atomic mass is 9.82. The van der Waals surface area contributed by atoms with E-state index in [0.29, 0.717) is 25.7 Å². The summed E-state index contributed by atoms with van der Waals surface area (Å²) in [7, 11) is 0. The topological polar surface area (TPSA) is 89.8 Å². The number of amides is 1. The molecule has 0 heterocycles. The lowest BCUT2D eigenvalue weighted by molar-refractivity contribution is -0.129. The normalized spacial score (nSPS) is 34.2. The molecule has 20 heavy (non-hydrogen) atoms. The number of carbonyl (C=O) groups excluding carboxylic acids is 1. The van der Waals surface area contributed by atoms with Gasteiger partial charge in [-0.1, -0.05) is 32.1 Å². The average molecular weight is 285 g/mol. The molecule has 2 aliphatic carbocycles. The molecule has 3 atom stereocenters. The van der Waals surface area contributed by atoms with Crippen LogP contribution in [0.2, 0.25) is 0 Å². The van der Waals surface area contributed by atoms with Crippen molar-refractivity contribution in [3.05, 3.63) is 0 Å². The molecule has 2 rings (SSSR count). The Kier molecular flexibility index (Phi) is 5.41. The van der Waals surface area contributed by atoms with Gasteiger partial charge in [-0.25, -0.2) is 0 Å². The number of aliphatic hydroxyl groups is 3. The summed E-state index contributed by atoms with van der Waals surface area (Å²) in [5.41, 5.74) is -0.878. The Labute approximate surface area is 120 Å². The third-order valence-corrected chi connectivity index (χ3v) is 4.69. The van der Waals surface area contributed by atoms with Crippen molar-refractivity contribution in [3.8, 4) is 0 Å². The van der Waals surface area contributed by atoms with Crippen molar-refractivity contribution in [1.29, 1.82) is 0 Å². The summed E-state index contributed by atoms with van der Waals surface area (Å²) in [6.45, 7) is 0. The molecule has 116 valence electrons. The largest absolute Gasteiger partial charge is 0.390 e. The molecule has 0 unspecified atom stereocenters. The van der Waals surface area contributed by atoms with Crippen LogP contribution in [0.15, 0.2) is 0 Å². The fraction of sp³-hybridized carbons (Fsp3) is 0.933. The minimum absolute atomic E-state index is 0.103. The van der Waals surface area contributed by atoms with Gasteiger partial charge < -0.3 is 20.6 Å². The Hall–Kier alpha value is -0.650. The van der Waals surface area contributed by atoms with Crippen molar-refractivity contribution < 1.29 is 20.1 Å². The second-order valence-electron chi connectivity index (χ2n) is 6.48. The van der Waals surface area contributed by atoms with Crippen LogP contribution in [0, 0.1) is 0 Å². The molecule has 0 aliphatic heterocycles. The molecule has 1 amide bonds. The van der Waals surface area contributed by atoms with E-state index in [1.807, 2.05) is 0 Å². The Morgan fingerprint density at radius 1 is 1.05 bits per heavy atom. The van der Waals surface area contributed by atoms with Crippen LogP contribution in [0.4, 0.5) is 0 Å². The van der Waals surface area contributed by atoms with Gasteiger partial charge >= 0.3 is 0 Å². The molecular formula is C15H27NO4. The van der Waals surface area contributed by atoms with Crippen LogP contribution < -0.4 is 5.32 Å². The van der Waals surface area contributed by atoms with E-state index in [2.05, 4.69) is 5.32 Å². The second-order valence-corrected chi connectivity index (χ2v) is 6.48. The summed E-state index contributed by atoms with van der Waals surface area (Å²) in [6, 6.07) is -0.396. The monoisotopic (exact) mass is 285 g/mol. The quantitative estimate of drug-likeness (QED) is 0.579. The van der Waals surface area contributed by atoms with E-state index in [9.17, 15) is 20.1 Å². The molecular weight excluding hydrogens is 258 g/mol. The zero-order valence-electron chi connectivity index (χ0n) is 12.1. The van der Waals surface area contributed by atoms with Crippen LogP contribution in [-0.4, -0.2) is 45.1 Å². The van der Waals surface area contributed by atoms with Gasteiger partial charge in [-0.3, -0.25) is 4.79 Å². The Morgan fingerprint density at radius 3 is 2.40 bits per heavy atom. The Balaban J connectivity index is 1.86. The first-order valence-corrected chi connectivity index (χ1v) is 7.88. The molecule has 0 spiro atoms. The first kappa shape index (κ1) is 15.7. The predicted molar refractivity (Wildman–Crippen MR) is 75.1 cm³/mol. The van der Waals surface area contributed by atoms with Crippen LogP contribution in [0.5, 0.6) is 0 Å². The molecule has 0 aromatic carbocycles. The third-order valence-electron chi connectivity index (χ3n) is 4.69. The first-order valence-electron chi connectivity index (χ1n) is 7.88. The minimum Gasteiger partial charge on any atom is -0.390 e. The fourth-order valence-corrected chi connectivity index (χ4v) is 3.43. The molecule has 2 saturated carbocycles. The average Bonchev–Trinajstić information content (AvgIpc) is 2.54. The van der Waals surface area contributed by atoms with E-state index in [1.54, 1.807) is 0 Å². The van der Waals surface area contributed by atoms with Crippen LogP contribution in [0.25, 0.3) is 0 Å². The van der Waals surface area contributed by atoms with Crippen molar-refractivity contribution in [1.82, 2.24) is 5.32 Å². The highest BCUT2D eigenvalue weighted by atomic mass is 16.3. The van der Waals surface area contributed by atoms with E-state index in [1.165, 1.54) is 0 Å². The molecule has 0 saturated heterocycles. The van der Waals surface area contributed by atoms with Gasteiger partial charge in [-0.2, -0.15) is 0 Å². The standard InChI is InChI=1S/C15H27NO4/c17-12-7-3-2-6-11(14(12)19)16-13(18)10-15(20)8-4-1-5-9-15/h11-12,14,17,19-20H,1-10H2,(H,16,18)/t11-,12-,14-/m1/s1. The van der Waals surface area contributed by atoms with Gasteiger partial charge in [0.1, 0.15) is 0 Å². The summed E-state index contributed by atoms with van der Waals surface area (Å²) in [6.07, 6.45) is 5.87. The first-order chi connectivity index (χ1) is 9.50. The molecule has 0 radical (unpaired) electrons. The van der Waals surface area contributed by atoms with E-state index < -0.39 is 23.9 Å². The van der Waals surface area contributed by atoms with Crippen molar-refractivity contribution >= 4 is 5.91 Å². The van der Waals surface area contributed by atoms with Gasteiger partial charge in [-0.15, -0.1) is 0 Å². The number of rotatable bonds is 3. The highest BCUT2D eigenvalue weighted by Crippen LogP contribution is 2.31. The van der Waals surface area contributed by atoms with Gasteiger partial charge in [0.25, 0.3) is 0 Å². The van der Waals surface area contributed by atoms with E-state index in [0.717, 1.165) is 32.1 Å². The highest BCUT2D eigenvalue weighted by molar-refractivity contribution is 5.77. The molecule has 0 aromatic heterocycles. The summed E-state index contributed by atoms with van der Waals surface area (Å²) in [4.78, 5) is 12.1. The Bertz CT molecular complexity index is 328. The summed E-state index contributed by atoms with van der Waals surface area (Å²) >= 11 is 0. The number of hydrogen-bond acceptors (Lipinski definition) is 4. The SMILES string of the molecule is O=C(CC1(O)CCCCC1)N[C@@H]1CCCC[C@@H](O)[C@@H]1O. The molecule has 0 aromatic rings. The highest BCUT2D eigenvalue weighted by Gasteiger charge is 2.34. The molecule has 4 N–H and O–H groups in total. The third kappa shape index (κ3) is 4.17. The van der Waals surface area contributed by atoms with Crippen molar-refractivity contribution in [2.24, 2.45) is 0 Å². The van der Waals surface area contributed by atoms with E-state index in [-0.39, 0.29) is 12.3 Å². The maximum absolute atomic E-state index is 12.1. The van der Waals surface area contributed by atoms with Crippen molar-refractivity contribution in [3.63, 3.8) is 0 Å². The molecule has 2 aliphatic rings. The second kappa shape index (κ2) is 6.87. The fourth-order valence-electron chi connectivity index (χ4n) is 3.43. The zero-order valence-corrected chi connectivity index (χ0v) is 12.1. The van der Waals surface area contributed by atoms with Crippen molar-refractivity contribution in [2.45, 2.75) is 88.1 Å². The molecule has 2 fully saturated rings. The van der Waals surface area contributed by atoms with Crippen LogP contribution in [0.3, 0.4) is 0 Å². The number of nitrogens with one attached hydrogen (secondary N) is 1. The molecule has 5 nitrogen and oxygen atoms in total. The summed E-state index contributed by atoms with van der Waals surface area (Å²) < 4.78 is 0. The molecule has 5 heteroatoms. The van der Waals surface area contributed by atoms with Crippen LogP contribution >= 0.6 is 0 Å². The predicted octanol–water partition coefficient (Wildman–Crippen LogP) is 0.852. The number of carbonyl (C=O) groups is 1. The van der Waals surface area contributed by atoms with Gasteiger partial charge in [0.15, 0.2) is 0 Å². The number of aliphatic hydroxyl groups excluding tert-OH is 2. The van der Waals surface area contributed by atoms with E-state index >= 15 is 0 Å². The van der Waals surface area contributed by atoms with E-state index in [4.69, 9.17) is 0 Å². The van der Waals surface area contributed by atoms with Crippen molar-refractivity contribution in [2.75, 3.05) is 0 Å². The number of hydrogen-bond donors (Lipinski definition) is 4. The molecule has 0 bridgehead atoms.